The molecule has 0 bridgehead atoms. The summed E-state index contributed by atoms with van der Waals surface area (Å²) in [5.74, 6) is -2.28. The molecule has 0 spiro atoms. The Balaban J connectivity index is 1.60. The fraction of sp³-hybridized carbons (Fsp3) is 0.0417. The van der Waals surface area contributed by atoms with Gasteiger partial charge in [-0.1, -0.05) is 76.6 Å². The quantitative estimate of drug-likeness (QED) is 0.206. The number of hydrazine groups is 1. The number of amides is 1. The van der Waals surface area contributed by atoms with E-state index in [1.165, 1.54) is 12.1 Å². The fourth-order valence-electron chi connectivity index (χ4n) is 3.43. The van der Waals surface area contributed by atoms with E-state index in [2.05, 4.69) is 42.1 Å². The number of rotatable bonds is 8. The summed E-state index contributed by atoms with van der Waals surface area (Å²) < 4.78 is 14.8. The molecule has 4 rings (SSSR count). The van der Waals surface area contributed by atoms with Gasteiger partial charge in [0.2, 0.25) is 17.5 Å². The highest BCUT2D eigenvalue weighted by Gasteiger charge is 2.27. The van der Waals surface area contributed by atoms with E-state index in [1.54, 1.807) is 6.07 Å². The second kappa shape index (κ2) is 10.7. The standard InChI is InChI=1S/C24H18BrFN6O3/c25-17-11-12-19(18(26)13-17)29-22-21(32(34)35)23(28-14-27-22)30-31-24(33)20(15-7-3-1-4-8-15)16-9-5-2-6-10-16/h1-14,20H,(H,31,33)(H2,27,28,29,30). The number of benzene rings is 3. The summed E-state index contributed by atoms with van der Waals surface area (Å²) in [7, 11) is 0. The summed E-state index contributed by atoms with van der Waals surface area (Å²) in [4.78, 5) is 32.1. The average Bonchev–Trinajstić information content (AvgIpc) is 2.86. The van der Waals surface area contributed by atoms with Crippen molar-refractivity contribution in [3.63, 3.8) is 0 Å². The normalized spacial score (nSPS) is 10.6. The molecule has 0 saturated heterocycles. The molecule has 0 aliphatic heterocycles. The van der Waals surface area contributed by atoms with Crippen molar-refractivity contribution in [2.45, 2.75) is 5.92 Å². The van der Waals surface area contributed by atoms with Crippen LogP contribution in [0.25, 0.3) is 0 Å². The maximum absolute atomic E-state index is 14.3. The van der Waals surface area contributed by atoms with Crippen LogP contribution in [0.3, 0.4) is 0 Å². The molecule has 11 heteroatoms. The van der Waals surface area contributed by atoms with Crippen LogP contribution < -0.4 is 16.2 Å². The summed E-state index contributed by atoms with van der Waals surface area (Å²) >= 11 is 3.16. The Hall–Kier alpha value is -4.38. The molecule has 1 aromatic heterocycles. The topological polar surface area (TPSA) is 122 Å². The lowest BCUT2D eigenvalue weighted by Crippen LogP contribution is -2.35. The molecule has 4 aromatic rings. The van der Waals surface area contributed by atoms with Gasteiger partial charge in [-0.2, -0.15) is 0 Å². The van der Waals surface area contributed by atoms with Crippen LogP contribution in [-0.4, -0.2) is 20.8 Å². The minimum Gasteiger partial charge on any atom is -0.332 e. The summed E-state index contributed by atoms with van der Waals surface area (Å²) in [5.41, 5.74) is 5.94. The molecule has 1 amide bonds. The van der Waals surface area contributed by atoms with Crippen LogP contribution >= 0.6 is 15.9 Å². The molecule has 176 valence electrons. The molecule has 0 aliphatic rings. The Bertz CT molecular complexity index is 1320. The zero-order valence-corrected chi connectivity index (χ0v) is 19.6. The zero-order valence-electron chi connectivity index (χ0n) is 18.0. The summed E-state index contributed by atoms with van der Waals surface area (Å²) in [5, 5.41) is 14.4. The van der Waals surface area contributed by atoms with E-state index in [4.69, 9.17) is 0 Å². The molecular weight excluding hydrogens is 519 g/mol. The fourth-order valence-corrected chi connectivity index (χ4v) is 3.77. The van der Waals surface area contributed by atoms with Crippen LogP contribution in [0.1, 0.15) is 17.0 Å². The van der Waals surface area contributed by atoms with E-state index in [-0.39, 0.29) is 17.3 Å². The maximum atomic E-state index is 14.3. The van der Waals surface area contributed by atoms with Crippen molar-refractivity contribution >= 4 is 44.8 Å². The van der Waals surface area contributed by atoms with Gasteiger partial charge in [0.15, 0.2) is 0 Å². The lowest BCUT2D eigenvalue weighted by Gasteiger charge is -2.18. The SMILES string of the molecule is O=C(NNc1ncnc(Nc2ccc(Br)cc2F)c1[N+](=O)[O-])C(c1ccccc1)c1ccccc1. The van der Waals surface area contributed by atoms with E-state index in [0.29, 0.717) is 4.47 Å². The summed E-state index contributed by atoms with van der Waals surface area (Å²) in [6.07, 6.45) is 1.06. The van der Waals surface area contributed by atoms with Gasteiger partial charge >= 0.3 is 5.69 Å². The van der Waals surface area contributed by atoms with Crippen molar-refractivity contribution in [2.75, 3.05) is 10.7 Å². The van der Waals surface area contributed by atoms with Crippen LogP contribution in [0.2, 0.25) is 0 Å². The molecule has 0 aliphatic carbocycles. The van der Waals surface area contributed by atoms with E-state index < -0.39 is 28.3 Å². The van der Waals surface area contributed by atoms with E-state index in [0.717, 1.165) is 17.5 Å². The van der Waals surface area contributed by atoms with Crippen molar-refractivity contribution in [3.05, 3.63) is 117 Å². The van der Waals surface area contributed by atoms with Gasteiger partial charge in [0.25, 0.3) is 0 Å². The second-order valence-electron chi connectivity index (χ2n) is 7.29. The average molecular weight is 537 g/mol. The first-order chi connectivity index (χ1) is 16.9. The number of carbonyl (C=O) groups is 1. The minimum absolute atomic E-state index is 0.0156. The largest absolute Gasteiger partial charge is 0.355 e. The Morgan fingerprint density at radius 2 is 1.54 bits per heavy atom. The molecule has 0 radical (unpaired) electrons. The van der Waals surface area contributed by atoms with Crippen molar-refractivity contribution in [2.24, 2.45) is 0 Å². The predicted molar refractivity (Wildman–Crippen MR) is 133 cm³/mol. The number of anilines is 3. The summed E-state index contributed by atoms with van der Waals surface area (Å²) in [6.45, 7) is 0. The monoisotopic (exact) mass is 536 g/mol. The lowest BCUT2D eigenvalue weighted by molar-refractivity contribution is -0.383. The number of carbonyl (C=O) groups excluding carboxylic acids is 1. The van der Waals surface area contributed by atoms with Crippen LogP contribution in [0.15, 0.2) is 89.7 Å². The van der Waals surface area contributed by atoms with Crippen molar-refractivity contribution < 1.29 is 14.1 Å². The molecule has 9 nitrogen and oxygen atoms in total. The predicted octanol–water partition coefficient (Wildman–Crippen LogP) is 5.31. The number of hydrogen-bond acceptors (Lipinski definition) is 7. The number of hydrogen-bond donors (Lipinski definition) is 3. The number of halogens is 2. The van der Waals surface area contributed by atoms with Gasteiger partial charge in [0.05, 0.1) is 16.5 Å². The Labute approximate surface area is 207 Å². The smallest absolute Gasteiger partial charge is 0.332 e. The van der Waals surface area contributed by atoms with Crippen molar-refractivity contribution in [1.82, 2.24) is 15.4 Å². The first kappa shape index (κ1) is 23.8. The number of nitrogens with zero attached hydrogens (tertiary/aromatic N) is 3. The Kier molecular flexibility index (Phi) is 7.27. The molecule has 0 saturated carbocycles. The first-order valence-electron chi connectivity index (χ1n) is 10.3. The Morgan fingerprint density at radius 1 is 0.943 bits per heavy atom. The highest BCUT2D eigenvalue weighted by molar-refractivity contribution is 9.10. The van der Waals surface area contributed by atoms with E-state index in [9.17, 15) is 19.3 Å². The third-order valence-corrected chi connectivity index (χ3v) is 5.51. The van der Waals surface area contributed by atoms with Crippen LogP contribution in [0.4, 0.5) is 27.4 Å². The van der Waals surface area contributed by atoms with Gasteiger partial charge in [-0.3, -0.25) is 25.8 Å². The zero-order chi connectivity index (χ0) is 24.8. The molecule has 3 N–H and O–H groups in total. The highest BCUT2D eigenvalue weighted by Crippen LogP contribution is 2.32. The number of nitro groups is 1. The molecular formula is C24H18BrFN6O3. The van der Waals surface area contributed by atoms with E-state index >= 15 is 0 Å². The van der Waals surface area contributed by atoms with Crippen molar-refractivity contribution in [3.8, 4) is 0 Å². The molecule has 0 fully saturated rings. The number of aromatic nitrogens is 2. The summed E-state index contributed by atoms with van der Waals surface area (Å²) in [6, 6.07) is 22.4. The van der Waals surface area contributed by atoms with Gasteiger partial charge in [0.1, 0.15) is 12.1 Å². The maximum Gasteiger partial charge on any atom is 0.355 e. The van der Waals surface area contributed by atoms with Gasteiger partial charge in [-0.05, 0) is 29.3 Å². The highest BCUT2D eigenvalue weighted by atomic mass is 79.9. The molecule has 1 heterocycles. The Morgan fingerprint density at radius 3 is 2.11 bits per heavy atom. The molecule has 0 unspecified atom stereocenters. The lowest BCUT2D eigenvalue weighted by atomic mass is 9.91. The molecule has 3 aromatic carbocycles. The van der Waals surface area contributed by atoms with Crippen LogP contribution in [0, 0.1) is 15.9 Å². The first-order valence-corrected chi connectivity index (χ1v) is 11.1. The minimum atomic E-state index is -0.723. The number of nitrogens with one attached hydrogen (secondary N) is 3. The van der Waals surface area contributed by atoms with Gasteiger partial charge in [-0.25, -0.2) is 14.4 Å². The van der Waals surface area contributed by atoms with Crippen LogP contribution in [0.5, 0.6) is 0 Å². The molecule has 35 heavy (non-hydrogen) atoms. The van der Waals surface area contributed by atoms with Crippen LogP contribution in [-0.2, 0) is 4.79 Å². The second-order valence-corrected chi connectivity index (χ2v) is 8.21. The van der Waals surface area contributed by atoms with E-state index in [1.807, 2.05) is 60.7 Å². The third kappa shape index (κ3) is 5.58. The third-order valence-electron chi connectivity index (χ3n) is 5.02. The van der Waals surface area contributed by atoms with Gasteiger partial charge in [0, 0.05) is 4.47 Å². The van der Waals surface area contributed by atoms with Gasteiger partial charge < -0.3 is 5.32 Å². The molecule has 0 atom stereocenters. The van der Waals surface area contributed by atoms with Gasteiger partial charge in [-0.15, -0.1) is 0 Å². The van der Waals surface area contributed by atoms with Crippen molar-refractivity contribution in [1.29, 1.82) is 0 Å².